The van der Waals surface area contributed by atoms with E-state index in [9.17, 15) is 18.0 Å². The minimum Gasteiger partial charge on any atom is -0.480 e. The van der Waals surface area contributed by atoms with Gasteiger partial charge in [-0.15, -0.1) is 0 Å². The molecule has 2 aliphatic rings. The molecule has 2 rings (SSSR count). The lowest BCUT2D eigenvalue weighted by Crippen LogP contribution is -2.47. The second-order valence-corrected chi connectivity index (χ2v) is 6.35. The van der Waals surface area contributed by atoms with Crippen molar-refractivity contribution in [2.24, 2.45) is 5.41 Å². The number of carboxylic acid groups (broad SMARTS) is 1. The number of aliphatic carboxylic acids is 1. The first-order valence-electron chi connectivity index (χ1n) is 7.32. The van der Waals surface area contributed by atoms with Gasteiger partial charge in [0.1, 0.15) is 0 Å². The molecule has 0 atom stereocenters. The molecule has 20 heavy (non-hydrogen) atoms. The normalized spacial score (nSPS) is 23.6. The monoisotopic (exact) mass is 293 g/mol. The molecule has 0 saturated heterocycles. The van der Waals surface area contributed by atoms with E-state index in [1.165, 1.54) is 25.7 Å². The third-order valence-corrected chi connectivity index (χ3v) is 4.92. The highest BCUT2D eigenvalue weighted by Crippen LogP contribution is 2.49. The summed E-state index contributed by atoms with van der Waals surface area (Å²) in [5, 5.41) is 8.81. The van der Waals surface area contributed by atoms with Crippen molar-refractivity contribution in [1.29, 1.82) is 0 Å². The highest BCUT2D eigenvalue weighted by Gasteiger charge is 2.41. The molecule has 3 nitrogen and oxygen atoms in total. The molecule has 0 aromatic rings. The lowest BCUT2D eigenvalue weighted by Gasteiger charge is -2.41. The smallest absolute Gasteiger partial charge is 0.401 e. The predicted molar refractivity (Wildman–Crippen MR) is 68.4 cm³/mol. The number of nitrogens with zero attached hydrogens (tertiary/aromatic N) is 1. The lowest BCUT2D eigenvalue weighted by atomic mass is 9.71. The van der Waals surface area contributed by atoms with Gasteiger partial charge in [0.25, 0.3) is 0 Å². The second kappa shape index (κ2) is 5.92. The molecule has 0 bridgehead atoms. The van der Waals surface area contributed by atoms with E-state index in [0.717, 1.165) is 17.7 Å². The fourth-order valence-corrected chi connectivity index (χ4v) is 3.92. The average Bonchev–Trinajstić information content (AvgIpc) is 2.75. The largest absolute Gasteiger partial charge is 0.480 e. The molecule has 6 heteroatoms. The van der Waals surface area contributed by atoms with Gasteiger partial charge >= 0.3 is 12.1 Å². The molecule has 0 amide bonds. The van der Waals surface area contributed by atoms with Crippen LogP contribution in [-0.4, -0.2) is 41.3 Å². The summed E-state index contributed by atoms with van der Waals surface area (Å²) in [6, 6.07) is -0.237. The van der Waals surface area contributed by atoms with Gasteiger partial charge in [-0.2, -0.15) is 13.2 Å². The molecule has 0 radical (unpaired) electrons. The van der Waals surface area contributed by atoms with E-state index in [1.54, 1.807) is 0 Å². The zero-order valence-corrected chi connectivity index (χ0v) is 11.6. The van der Waals surface area contributed by atoms with Gasteiger partial charge in [-0.1, -0.05) is 12.8 Å². The van der Waals surface area contributed by atoms with Crippen LogP contribution in [0.5, 0.6) is 0 Å². The maximum atomic E-state index is 12.6. The molecular formula is C14H22F3NO2. The van der Waals surface area contributed by atoms with Crippen molar-refractivity contribution in [3.05, 3.63) is 0 Å². The van der Waals surface area contributed by atoms with Crippen molar-refractivity contribution in [2.45, 2.75) is 63.6 Å². The van der Waals surface area contributed by atoms with E-state index in [2.05, 4.69) is 0 Å². The van der Waals surface area contributed by atoms with Crippen molar-refractivity contribution in [1.82, 2.24) is 4.90 Å². The summed E-state index contributed by atoms with van der Waals surface area (Å²) in [6.07, 6.45) is 3.80. The molecule has 0 aliphatic heterocycles. The Balaban J connectivity index is 1.94. The first kappa shape index (κ1) is 15.6. The van der Waals surface area contributed by atoms with Gasteiger partial charge in [0, 0.05) is 6.04 Å². The summed E-state index contributed by atoms with van der Waals surface area (Å²) in [5.74, 6) is -1.18. The Hall–Kier alpha value is -0.780. The number of halogens is 3. The van der Waals surface area contributed by atoms with Crippen LogP contribution in [0.15, 0.2) is 0 Å². The minimum atomic E-state index is -4.34. The van der Waals surface area contributed by atoms with E-state index in [4.69, 9.17) is 5.11 Å². The number of alkyl halides is 3. The van der Waals surface area contributed by atoms with Gasteiger partial charge < -0.3 is 5.11 Å². The molecule has 2 fully saturated rings. The topological polar surface area (TPSA) is 40.5 Å². The van der Waals surface area contributed by atoms with Gasteiger partial charge in [-0.25, -0.2) is 0 Å². The summed E-state index contributed by atoms with van der Waals surface area (Å²) in [7, 11) is 0. The quantitative estimate of drug-likeness (QED) is 0.863. The molecule has 1 N–H and O–H groups in total. The predicted octanol–water partition coefficient (Wildman–Crippen LogP) is 3.44. The van der Waals surface area contributed by atoms with Crippen molar-refractivity contribution in [3.8, 4) is 0 Å². The standard InChI is InChI=1S/C14H22F3NO2/c15-14(16,17)10-18(9-12(19)20)11-3-7-13(8-4-11)5-1-2-6-13/h11H,1-10H2,(H,19,20). The van der Waals surface area contributed by atoms with Crippen LogP contribution in [0, 0.1) is 5.41 Å². The first-order chi connectivity index (χ1) is 9.30. The van der Waals surface area contributed by atoms with Crippen LogP contribution in [0.4, 0.5) is 13.2 Å². The minimum absolute atomic E-state index is 0.237. The van der Waals surface area contributed by atoms with Crippen LogP contribution in [0.3, 0.4) is 0 Å². The molecule has 0 unspecified atom stereocenters. The molecular weight excluding hydrogens is 271 g/mol. The van der Waals surface area contributed by atoms with Gasteiger partial charge in [0.05, 0.1) is 13.1 Å². The highest BCUT2D eigenvalue weighted by atomic mass is 19.4. The number of hydrogen-bond acceptors (Lipinski definition) is 2. The maximum Gasteiger partial charge on any atom is 0.401 e. The zero-order valence-electron chi connectivity index (χ0n) is 11.6. The summed E-state index contributed by atoms with van der Waals surface area (Å²) in [5.41, 5.74) is 0.351. The fourth-order valence-electron chi connectivity index (χ4n) is 3.92. The lowest BCUT2D eigenvalue weighted by molar-refractivity contribution is -0.160. The zero-order chi connectivity index (χ0) is 14.8. The molecule has 0 aromatic carbocycles. The van der Waals surface area contributed by atoms with Crippen LogP contribution < -0.4 is 0 Å². The van der Waals surface area contributed by atoms with E-state index < -0.39 is 25.2 Å². The van der Waals surface area contributed by atoms with Crippen molar-refractivity contribution in [3.63, 3.8) is 0 Å². The first-order valence-corrected chi connectivity index (χ1v) is 7.32. The van der Waals surface area contributed by atoms with Gasteiger partial charge in [0.15, 0.2) is 0 Å². The molecule has 116 valence electrons. The Morgan fingerprint density at radius 2 is 1.70 bits per heavy atom. The summed E-state index contributed by atoms with van der Waals surface area (Å²) in [6.45, 7) is -1.63. The van der Waals surface area contributed by atoms with Gasteiger partial charge in [-0.3, -0.25) is 9.69 Å². The van der Waals surface area contributed by atoms with Gasteiger partial charge in [0.2, 0.25) is 0 Å². The van der Waals surface area contributed by atoms with Gasteiger partial charge in [-0.05, 0) is 43.9 Å². The SMILES string of the molecule is O=C(O)CN(CC(F)(F)F)C1CCC2(CCCC2)CC1. The van der Waals surface area contributed by atoms with Crippen LogP contribution in [0.25, 0.3) is 0 Å². The Morgan fingerprint density at radius 3 is 2.15 bits per heavy atom. The Morgan fingerprint density at radius 1 is 1.15 bits per heavy atom. The third-order valence-electron chi connectivity index (χ3n) is 4.92. The molecule has 0 aromatic heterocycles. The van der Waals surface area contributed by atoms with Crippen molar-refractivity contribution >= 4 is 5.97 Å². The molecule has 1 spiro atoms. The van der Waals surface area contributed by atoms with E-state index in [-0.39, 0.29) is 6.04 Å². The molecule has 2 aliphatic carbocycles. The fraction of sp³-hybridized carbons (Fsp3) is 0.929. The number of carboxylic acids is 1. The van der Waals surface area contributed by atoms with Crippen molar-refractivity contribution in [2.75, 3.05) is 13.1 Å². The number of hydrogen-bond donors (Lipinski definition) is 1. The van der Waals surface area contributed by atoms with Crippen LogP contribution in [0.2, 0.25) is 0 Å². The number of rotatable bonds is 4. The average molecular weight is 293 g/mol. The van der Waals surface area contributed by atoms with Crippen molar-refractivity contribution < 1.29 is 23.1 Å². The van der Waals surface area contributed by atoms with E-state index >= 15 is 0 Å². The molecule has 0 heterocycles. The second-order valence-electron chi connectivity index (χ2n) is 6.35. The Bertz CT molecular complexity index is 341. The summed E-state index contributed by atoms with van der Waals surface area (Å²) in [4.78, 5) is 11.9. The van der Waals surface area contributed by atoms with Crippen LogP contribution in [-0.2, 0) is 4.79 Å². The van der Waals surface area contributed by atoms with Crippen LogP contribution >= 0.6 is 0 Å². The van der Waals surface area contributed by atoms with E-state index in [1.807, 2.05) is 0 Å². The maximum absolute atomic E-state index is 12.6. The summed E-state index contributed by atoms with van der Waals surface area (Å²) >= 11 is 0. The molecule has 2 saturated carbocycles. The van der Waals surface area contributed by atoms with E-state index in [0.29, 0.717) is 18.3 Å². The van der Waals surface area contributed by atoms with Crippen LogP contribution in [0.1, 0.15) is 51.4 Å². The Labute approximate surface area is 117 Å². The summed E-state index contributed by atoms with van der Waals surface area (Å²) < 4.78 is 37.7. The number of carbonyl (C=O) groups is 1. The Kier molecular flexibility index (Phi) is 4.62. The third kappa shape index (κ3) is 4.11. The highest BCUT2D eigenvalue weighted by molar-refractivity contribution is 5.69.